The Morgan fingerprint density at radius 3 is 2.00 bits per heavy atom. The smallest absolute Gasteiger partial charge is 0.0587 e. The fourth-order valence-electron chi connectivity index (χ4n) is 0.534. The predicted octanol–water partition coefficient (Wildman–Crippen LogP) is 2.20. The maximum Gasteiger partial charge on any atom is 0.0587 e. The van der Waals surface area contributed by atoms with Gasteiger partial charge in [-0.2, -0.15) is 5.26 Å². The highest BCUT2D eigenvalue weighted by Crippen LogP contribution is 1.92. The van der Waals surface area contributed by atoms with Crippen LogP contribution >= 0.6 is 0 Å². The van der Waals surface area contributed by atoms with Crippen molar-refractivity contribution in [1.82, 2.24) is 0 Å². The van der Waals surface area contributed by atoms with E-state index in [0.717, 1.165) is 5.56 Å². The SMILES string of the molecule is C#Cc1ccccc1.CC#N. The average Bonchev–Trinajstić information content (AvgIpc) is 2.08. The van der Waals surface area contributed by atoms with Gasteiger partial charge in [0.25, 0.3) is 0 Å². The van der Waals surface area contributed by atoms with E-state index in [1.807, 2.05) is 30.3 Å². The van der Waals surface area contributed by atoms with Crippen molar-refractivity contribution in [2.45, 2.75) is 6.92 Å². The van der Waals surface area contributed by atoms with Crippen molar-refractivity contribution in [3.05, 3.63) is 35.9 Å². The van der Waals surface area contributed by atoms with Gasteiger partial charge in [-0.1, -0.05) is 24.1 Å². The van der Waals surface area contributed by atoms with Crippen molar-refractivity contribution in [2.75, 3.05) is 0 Å². The van der Waals surface area contributed by atoms with Gasteiger partial charge in [-0.25, -0.2) is 0 Å². The van der Waals surface area contributed by atoms with Gasteiger partial charge in [0.15, 0.2) is 0 Å². The molecule has 1 rings (SSSR count). The number of hydrogen-bond acceptors (Lipinski definition) is 1. The first kappa shape index (κ1) is 9.27. The Bertz CT molecular complexity index is 261. The maximum absolute atomic E-state index is 7.32. The summed E-state index contributed by atoms with van der Waals surface area (Å²) in [5, 5.41) is 7.32. The zero-order valence-corrected chi connectivity index (χ0v) is 6.41. The van der Waals surface area contributed by atoms with E-state index in [4.69, 9.17) is 11.7 Å². The molecular weight excluding hydrogens is 134 g/mol. The highest BCUT2D eigenvalue weighted by Gasteiger charge is 1.76. The van der Waals surface area contributed by atoms with Crippen molar-refractivity contribution in [2.24, 2.45) is 0 Å². The van der Waals surface area contributed by atoms with Gasteiger partial charge in [-0.05, 0) is 12.1 Å². The van der Waals surface area contributed by atoms with Crippen molar-refractivity contribution in [1.29, 1.82) is 5.26 Å². The van der Waals surface area contributed by atoms with Gasteiger partial charge < -0.3 is 0 Å². The molecule has 0 aliphatic rings. The van der Waals surface area contributed by atoms with Crippen LogP contribution in [0.4, 0.5) is 0 Å². The lowest BCUT2D eigenvalue weighted by Crippen LogP contribution is -1.66. The van der Waals surface area contributed by atoms with E-state index < -0.39 is 0 Å². The first-order valence-electron chi connectivity index (χ1n) is 3.17. The van der Waals surface area contributed by atoms with E-state index in [2.05, 4.69) is 5.92 Å². The van der Waals surface area contributed by atoms with Crippen LogP contribution in [0, 0.1) is 23.7 Å². The molecule has 0 saturated heterocycles. The number of rotatable bonds is 0. The third-order valence-electron chi connectivity index (χ3n) is 0.940. The van der Waals surface area contributed by atoms with Crippen LogP contribution in [0.5, 0.6) is 0 Å². The molecule has 0 aliphatic heterocycles. The second-order valence-electron chi connectivity index (χ2n) is 1.73. The topological polar surface area (TPSA) is 23.8 Å². The fourth-order valence-corrected chi connectivity index (χ4v) is 0.534. The number of benzene rings is 1. The summed E-state index contributed by atoms with van der Waals surface area (Å²) in [6.07, 6.45) is 5.10. The Kier molecular flexibility index (Phi) is 5.39. The molecule has 54 valence electrons. The van der Waals surface area contributed by atoms with Gasteiger partial charge >= 0.3 is 0 Å². The Labute approximate surface area is 67.3 Å². The van der Waals surface area contributed by atoms with Gasteiger partial charge in [0.1, 0.15) is 0 Å². The lowest BCUT2D eigenvalue weighted by atomic mass is 10.2. The van der Waals surface area contributed by atoms with Crippen LogP contribution < -0.4 is 0 Å². The van der Waals surface area contributed by atoms with Crippen LogP contribution in [-0.4, -0.2) is 0 Å². The van der Waals surface area contributed by atoms with E-state index in [-0.39, 0.29) is 0 Å². The molecule has 0 unspecified atom stereocenters. The van der Waals surface area contributed by atoms with E-state index in [0.29, 0.717) is 0 Å². The van der Waals surface area contributed by atoms with Gasteiger partial charge in [0, 0.05) is 12.5 Å². The Balaban J connectivity index is 0.000000292. The molecule has 0 spiro atoms. The molecule has 0 fully saturated rings. The molecule has 0 radical (unpaired) electrons. The van der Waals surface area contributed by atoms with Crippen LogP contribution in [0.1, 0.15) is 12.5 Å². The molecule has 0 saturated carbocycles. The van der Waals surface area contributed by atoms with Crippen LogP contribution in [0.25, 0.3) is 0 Å². The van der Waals surface area contributed by atoms with Crippen LogP contribution in [-0.2, 0) is 0 Å². The van der Waals surface area contributed by atoms with Gasteiger partial charge in [-0.3, -0.25) is 0 Å². The number of hydrogen-bond donors (Lipinski definition) is 0. The predicted molar refractivity (Wildman–Crippen MR) is 45.7 cm³/mol. The average molecular weight is 143 g/mol. The fraction of sp³-hybridized carbons (Fsp3) is 0.100. The van der Waals surface area contributed by atoms with Crippen molar-refractivity contribution in [3.8, 4) is 18.4 Å². The zero-order valence-electron chi connectivity index (χ0n) is 6.41. The summed E-state index contributed by atoms with van der Waals surface area (Å²) in [4.78, 5) is 0. The minimum atomic E-state index is 0.938. The minimum absolute atomic E-state index is 0.938. The molecular formula is C10H9N. The van der Waals surface area contributed by atoms with E-state index >= 15 is 0 Å². The number of nitriles is 1. The second-order valence-corrected chi connectivity index (χ2v) is 1.73. The van der Waals surface area contributed by atoms with Crippen LogP contribution in [0.3, 0.4) is 0 Å². The van der Waals surface area contributed by atoms with Crippen molar-refractivity contribution < 1.29 is 0 Å². The Hall–Kier alpha value is -1.73. The normalized spacial score (nSPS) is 6.45. The van der Waals surface area contributed by atoms with Gasteiger partial charge in [-0.15, -0.1) is 6.42 Å². The third kappa shape index (κ3) is 4.75. The summed E-state index contributed by atoms with van der Waals surface area (Å²) in [6, 6.07) is 11.4. The van der Waals surface area contributed by atoms with E-state index in [1.54, 1.807) is 6.07 Å². The van der Waals surface area contributed by atoms with Crippen molar-refractivity contribution in [3.63, 3.8) is 0 Å². The Morgan fingerprint density at radius 1 is 1.27 bits per heavy atom. The maximum atomic E-state index is 7.32. The molecule has 0 aliphatic carbocycles. The molecule has 0 aromatic heterocycles. The molecule has 1 heteroatoms. The van der Waals surface area contributed by atoms with Gasteiger partial charge in [0.2, 0.25) is 0 Å². The molecule has 1 aromatic carbocycles. The lowest BCUT2D eigenvalue weighted by molar-refractivity contribution is 1.49. The summed E-state index contributed by atoms with van der Waals surface area (Å²) in [5.41, 5.74) is 0.938. The highest BCUT2D eigenvalue weighted by molar-refractivity contribution is 5.30. The summed E-state index contributed by atoms with van der Waals surface area (Å²) in [6.45, 7) is 1.43. The van der Waals surface area contributed by atoms with Gasteiger partial charge in [0.05, 0.1) is 6.07 Å². The minimum Gasteiger partial charge on any atom is -0.199 e. The third-order valence-corrected chi connectivity index (χ3v) is 0.940. The zero-order chi connectivity index (χ0) is 8.53. The first-order valence-corrected chi connectivity index (χ1v) is 3.17. The monoisotopic (exact) mass is 143 g/mol. The number of nitrogens with zero attached hydrogens (tertiary/aromatic N) is 1. The van der Waals surface area contributed by atoms with Crippen LogP contribution in [0.15, 0.2) is 30.3 Å². The number of terminal acetylenes is 1. The molecule has 0 atom stereocenters. The molecule has 0 amide bonds. The molecule has 1 nitrogen and oxygen atoms in total. The lowest BCUT2D eigenvalue weighted by Gasteiger charge is -1.82. The summed E-state index contributed by atoms with van der Waals surface area (Å²) >= 11 is 0. The van der Waals surface area contributed by atoms with Crippen molar-refractivity contribution >= 4 is 0 Å². The summed E-state index contributed by atoms with van der Waals surface area (Å²) in [7, 11) is 0. The first-order chi connectivity index (χ1) is 5.35. The molecule has 11 heavy (non-hydrogen) atoms. The van der Waals surface area contributed by atoms with E-state index in [1.165, 1.54) is 6.92 Å². The largest absolute Gasteiger partial charge is 0.199 e. The summed E-state index contributed by atoms with van der Waals surface area (Å²) < 4.78 is 0. The van der Waals surface area contributed by atoms with E-state index in [9.17, 15) is 0 Å². The summed E-state index contributed by atoms with van der Waals surface area (Å²) in [5.74, 6) is 2.53. The standard InChI is InChI=1S/C8H6.C2H3N/c1-2-8-6-4-3-5-7-8;1-2-3/h1,3-7H;1H3. The second kappa shape index (κ2) is 6.39. The molecule has 1 aromatic rings. The Morgan fingerprint density at radius 2 is 1.73 bits per heavy atom. The quantitative estimate of drug-likeness (QED) is 0.511. The molecule has 0 N–H and O–H groups in total. The van der Waals surface area contributed by atoms with Crippen LogP contribution in [0.2, 0.25) is 0 Å². The molecule has 0 bridgehead atoms. The highest BCUT2D eigenvalue weighted by atomic mass is 14.2. The molecule has 0 heterocycles.